The molecule has 3 atom stereocenters. The van der Waals surface area contributed by atoms with Crippen molar-refractivity contribution in [3.63, 3.8) is 0 Å². The van der Waals surface area contributed by atoms with Crippen LogP contribution in [0.15, 0.2) is 61.1 Å². The van der Waals surface area contributed by atoms with E-state index in [0.29, 0.717) is 29.1 Å². The molecule has 3 aromatic rings. The lowest BCUT2D eigenvalue weighted by molar-refractivity contribution is -0.00245. The Labute approximate surface area is 295 Å². The summed E-state index contributed by atoms with van der Waals surface area (Å²) in [4.78, 5) is 50.3. The molecular weight excluding hydrogens is 660 g/mol. The van der Waals surface area contributed by atoms with Crippen LogP contribution in [0.25, 0.3) is 0 Å². The minimum atomic E-state index is -2.30. The van der Waals surface area contributed by atoms with Crippen LogP contribution in [0.2, 0.25) is 23.3 Å². The Morgan fingerprint density at radius 2 is 1.65 bits per heavy atom. The number of carbonyl (C=O) groups excluding carboxylic acids is 2. The van der Waals surface area contributed by atoms with Crippen LogP contribution in [0.4, 0.5) is 4.79 Å². The normalized spacial score (nSPS) is 17.5. The highest BCUT2D eigenvalue weighted by molar-refractivity contribution is 6.74. The van der Waals surface area contributed by atoms with E-state index in [4.69, 9.17) is 20.8 Å². The molecule has 1 saturated heterocycles. The Balaban J connectivity index is 1.58. The molecule has 1 fully saturated rings. The van der Waals surface area contributed by atoms with Gasteiger partial charge >= 0.3 is 12.1 Å². The molecule has 3 unspecified atom stereocenters. The van der Waals surface area contributed by atoms with Crippen LogP contribution in [0, 0.1) is 0 Å². The molecule has 3 heterocycles. The molecule has 0 aliphatic carbocycles. The fourth-order valence-electron chi connectivity index (χ4n) is 5.74. The first-order valence-corrected chi connectivity index (χ1v) is 19.9. The zero-order chi connectivity index (χ0) is 36.3. The molecule has 1 N–H and O–H groups in total. The molecule has 1 aromatic carbocycles. The molecule has 1 aliphatic rings. The standard InChI is InChI=1S/C37H49ClN4O6Si/c1-36(2,3)47-35(46)42-29(15-16-30(42)32(27-14-17-31(38)40-22-27)48-49(8,9)37(4,5)6)19-24-10-12-26(13-11-24)33(43)41(7)23-25-18-28(34(44)45)21-39-20-25/h10-14,17-18,20-22,29-30,32H,15-16,19,23H2,1-9H3,(H,44,45). The Bertz CT molecular complexity index is 1640. The van der Waals surface area contributed by atoms with E-state index in [9.17, 15) is 19.5 Å². The second kappa shape index (κ2) is 15.0. The van der Waals surface area contributed by atoms with Crippen molar-refractivity contribution in [2.45, 2.75) is 109 Å². The number of hydrogen-bond donors (Lipinski definition) is 1. The number of likely N-dealkylation sites (tertiary alicyclic amines) is 1. The number of ether oxygens (including phenoxy) is 1. The number of aromatic carboxylic acids is 1. The lowest BCUT2D eigenvalue weighted by Crippen LogP contribution is -2.50. The van der Waals surface area contributed by atoms with E-state index in [0.717, 1.165) is 17.5 Å². The summed E-state index contributed by atoms with van der Waals surface area (Å²) < 4.78 is 13.1. The first-order chi connectivity index (χ1) is 22.8. The fourth-order valence-corrected chi connectivity index (χ4v) is 7.13. The van der Waals surface area contributed by atoms with Gasteiger partial charge in [0.15, 0.2) is 8.32 Å². The quantitative estimate of drug-likeness (QED) is 0.165. The van der Waals surface area contributed by atoms with Crippen molar-refractivity contribution < 1.29 is 28.7 Å². The molecule has 0 saturated carbocycles. The van der Waals surface area contributed by atoms with Gasteiger partial charge in [0, 0.05) is 49.4 Å². The van der Waals surface area contributed by atoms with Gasteiger partial charge in [0.2, 0.25) is 0 Å². The van der Waals surface area contributed by atoms with Crippen LogP contribution in [-0.4, -0.2) is 75.9 Å². The molecule has 0 radical (unpaired) electrons. The summed E-state index contributed by atoms with van der Waals surface area (Å²) in [7, 11) is -0.637. The number of carbonyl (C=O) groups is 3. The van der Waals surface area contributed by atoms with Crippen molar-refractivity contribution in [1.29, 1.82) is 0 Å². The Hall–Kier alpha value is -3.80. The number of carboxylic acid groups (broad SMARTS) is 1. The van der Waals surface area contributed by atoms with E-state index < -0.39 is 26.0 Å². The smallest absolute Gasteiger partial charge is 0.410 e. The van der Waals surface area contributed by atoms with Crippen LogP contribution in [0.5, 0.6) is 0 Å². The van der Waals surface area contributed by atoms with E-state index in [1.807, 2.05) is 43.9 Å². The minimum absolute atomic E-state index is 0.0630. The molecule has 2 aromatic heterocycles. The van der Waals surface area contributed by atoms with Gasteiger partial charge in [0.05, 0.1) is 17.7 Å². The first kappa shape index (κ1) is 38.0. The minimum Gasteiger partial charge on any atom is -0.478 e. The van der Waals surface area contributed by atoms with Gasteiger partial charge in [0.25, 0.3) is 5.91 Å². The van der Waals surface area contributed by atoms with E-state index in [1.54, 1.807) is 37.6 Å². The molecule has 1 aliphatic heterocycles. The van der Waals surface area contributed by atoms with Crippen LogP contribution in [0.1, 0.15) is 97.9 Å². The second-order valence-corrected chi connectivity index (χ2v) is 20.5. The predicted octanol–water partition coefficient (Wildman–Crippen LogP) is 8.17. The number of pyridine rings is 2. The second-order valence-electron chi connectivity index (χ2n) is 15.3. The van der Waals surface area contributed by atoms with Crippen LogP contribution >= 0.6 is 11.6 Å². The summed E-state index contributed by atoms with van der Waals surface area (Å²) in [5.41, 5.74) is 2.35. The third kappa shape index (κ3) is 9.67. The van der Waals surface area contributed by atoms with Crippen LogP contribution in [0.3, 0.4) is 0 Å². The van der Waals surface area contributed by atoms with E-state index in [-0.39, 0.29) is 41.2 Å². The average molecular weight is 709 g/mol. The number of carboxylic acids is 1. The van der Waals surface area contributed by atoms with Crippen LogP contribution in [-0.2, 0) is 22.1 Å². The lowest BCUT2D eigenvalue weighted by Gasteiger charge is -2.43. The van der Waals surface area contributed by atoms with Gasteiger partial charge in [-0.1, -0.05) is 50.6 Å². The number of benzene rings is 1. The maximum Gasteiger partial charge on any atom is 0.410 e. The monoisotopic (exact) mass is 708 g/mol. The molecule has 2 amide bonds. The van der Waals surface area contributed by atoms with Gasteiger partial charge < -0.3 is 19.2 Å². The molecule has 12 heteroatoms. The van der Waals surface area contributed by atoms with Crippen molar-refractivity contribution >= 4 is 37.9 Å². The Morgan fingerprint density at radius 1 is 0.980 bits per heavy atom. The number of nitrogens with zero attached hydrogens (tertiary/aromatic N) is 4. The fraction of sp³-hybridized carbons (Fsp3) is 0.486. The topological polar surface area (TPSA) is 122 Å². The van der Waals surface area contributed by atoms with Crippen molar-refractivity contribution in [1.82, 2.24) is 19.8 Å². The first-order valence-electron chi connectivity index (χ1n) is 16.6. The summed E-state index contributed by atoms with van der Waals surface area (Å²) in [6, 6.07) is 12.2. The number of rotatable bonds is 10. The summed E-state index contributed by atoms with van der Waals surface area (Å²) in [5.74, 6) is -1.27. The highest BCUT2D eigenvalue weighted by Gasteiger charge is 2.47. The van der Waals surface area contributed by atoms with Crippen molar-refractivity contribution in [3.05, 3.63) is 94.0 Å². The molecule has 49 heavy (non-hydrogen) atoms. The summed E-state index contributed by atoms with van der Waals surface area (Å²) in [6.07, 6.45) is 5.78. The summed E-state index contributed by atoms with van der Waals surface area (Å²) in [6.45, 7) is 16.8. The molecule has 4 rings (SSSR count). The van der Waals surface area contributed by atoms with Crippen molar-refractivity contribution in [2.24, 2.45) is 0 Å². The van der Waals surface area contributed by atoms with Crippen LogP contribution < -0.4 is 0 Å². The van der Waals surface area contributed by atoms with Crippen molar-refractivity contribution in [3.8, 4) is 0 Å². The number of hydrogen-bond acceptors (Lipinski definition) is 7. The lowest BCUT2D eigenvalue weighted by atomic mass is 10.0. The summed E-state index contributed by atoms with van der Waals surface area (Å²) >= 11 is 6.17. The zero-order valence-corrected chi connectivity index (χ0v) is 31.7. The number of aromatic nitrogens is 2. The van der Waals surface area contributed by atoms with E-state index >= 15 is 0 Å². The van der Waals surface area contributed by atoms with Gasteiger partial charge in [-0.2, -0.15) is 0 Å². The highest BCUT2D eigenvalue weighted by Crippen LogP contribution is 2.44. The third-order valence-electron chi connectivity index (χ3n) is 9.29. The molecule has 0 bridgehead atoms. The van der Waals surface area contributed by atoms with E-state index in [1.165, 1.54) is 17.2 Å². The van der Waals surface area contributed by atoms with E-state index in [2.05, 4.69) is 43.8 Å². The third-order valence-corrected chi connectivity index (χ3v) is 14.0. The largest absolute Gasteiger partial charge is 0.478 e. The molecular formula is C37H49ClN4O6Si. The molecule has 0 spiro atoms. The number of amides is 2. The molecule has 10 nitrogen and oxygen atoms in total. The predicted molar refractivity (Wildman–Crippen MR) is 192 cm³/mol. The maximum absolute atomic E-state index is 14.0. The maximum atomic E-state index is 14.0. The number of halogens is 1. The Kier molecular flexibility index (Phi) is 11.6. The van der Waals surface area contributed by atoms with Gasteiger partial charge in [0.1, 0.15) is 10.8 Å². The highest BCUT2D eigenvalue weighted by atomic mass is 35.5. The van der Waals surface area contributed by atoms with Gasteiger partial charge in [-0.3, -0.25) is 14.7 Å². The average Bonchev–Trinajstić information content (AvgIpc) is 3.42. The Morgan fingerprint density at radius 3 is 2.22 bits per heavy atom. The molecule has 264 valence electrons. The van der Waals surface area contributed by atoms with Crippen molar-refractivity contribution in [2.75, 3.05) is 7.05 Å². The van der Waals surface area contributed by atoms with Gasteiger partial charge in [-0.15, -0.1) is 0 Å². The summed E-state index contributed by atoms with van der Waals surface area (Å²) in [5, 5.41) is 9.60. The van der Waals surface area contributed by atoms with Gasteiger partial charge in [-0.25, -0.2) is 14.6 Å². The SMILES string of the molecule is CN(Cc1cncc(C(=O)O)c1)C(=O)c1ccc(CC2CCC(C(O[Si](C)(C)C(C)(C)C)c3ccc(Cl)nc3)N2C(=O)OC(C)(C)C)cc1. The van der Waals surface area contributed by atoms with Gasteiger partial charge in [-0.05, 0) is 93.6 Å². The zero-order valence-electron chi connectivity index (χ0n) is 30.0.